The van der Waals surface area contributed by atoms with E-state index in [4.69, 9.17) is 8.92 Å². The highest BCUT2D eigenvalue weighted by Gasteiger charge is 2.66. The fourth-order valence-electron chi connectivity index (χ4n) is 4.79. The smallest absolute Gasteiger partial charge is 0.264 e. The van der Waals surface area contributed by atoms with Gasteiger partial charge in [0.25, 0.3) is 10.1 Å². The Labute approximate surface area is 107 Å². The summed E-state index contributed by atoms with van der Waals surface area (Å²) in [6, 6.07) is 0. The molecule has 8 unspecified atom stereocenters. The highest BCUT2D eigenvalue weighted by molar-refractivity contribution is 7.86. The molecule has 0 N–H and O–H groups in total. The molecule has 1 saturated carbocycles. The van der Waals surface area contributed by atoms with E-state index in [1.807, 2.05) is 0 Å². The van der Waals surface area contributed by atoms with Gasteiger partial charge in [-0.1, -0.05) is 19.1 Å². The largest absolute Gasteiger partial charge is 0.371 e. The van der Waals surface area contributed by atoms with Crippen LogP contribution < -0.4 is 0 Å². The van der Waals surface area contributed by atoms with Gasteiger partial charge in [-0.15, -0.1) is 0 Å². The van der Waals surface area contributed by atoms with Crippen LogP contribution in [-0.4, -0.2) is 33.0 Å². The Hall–Kier alpha value is -0.390. The summed E-state index contributed by atoms with van der Waals surface area (Å²) in [7, 11) is -3.40. The Balaban J connectivity index is 1.66. The molecule has 4 aliphatic rings. The minimum atomic E-state index is -3.40. The number of rotatable bonds is 2. The van der Waals surface area contributed by atoms with Crippen LogP contribution in [0.25, 0.3) is 0 Å². The van der Waals surface area contributed by atoms with Crippen molar-refractivity contribution in [2.45, 2.75) is 31.7 Å². The van der Waals surface area contributed by atoms with E-state index in [-0.39, 0.29) is 24.2 Å². The van der Waals surface area contributed by atoms with Crippen LogP contribution in [0.4, 0.5) is 0 Å². The second kappa shape index (κ2) is 3.38. The van der Waals surface area contributed by atoms with Gasteiger partial charge >= 0.3 is 0 Å². The lowest BCUT2D eigenvalue weighted by atomic mass is 9.69. The molecule has 0 spiro atoms. The second-order valence-corrected chi connectivity index (χ2v) is 7.89. The molecule has 18 heavy (non-hydrogen) atoms. The maximum atomic E-state index is 11.4. The lowest BCUT2D eigenvalue weighted by Crippen LogP contribution is -2.45. The second-order valence-electron chi connectivity index (χ2n) is 6.29. The first-order valence-electron chi connectivity index (χ1n) is 6.68. The molecule has 2 heterocycles. The van der Waals surface area contributed by atoms with Crippen molar-refractivity contribution in [2.75, 3.05) is 6.26 Å². The SMILES string of the molecule is CC1C(OS(C)(=O)=O)C2OC1C1C3C=CC(C3)C21. The van der Waals surface area contributed by atoms with E-state index in [0.717, 1.165) is 6.26 Å². The molecule has 4 rings (SSSR count). The maximum Gasteiger partial charge on any atom is 0.264 e. The van der Waals surface area contributed by atoms with Crippen LogP contribution in [-0.2, 0) is 19.0 Å². The van der Waals surface area contributed by atoms with Crippen LogP contribution in [0.3, 0.4) is 0 Å². The van der Waals surface area contributed by atoms with E-state index in [0.29, 0.717) is 23.7 Å². The van der Waals surface area contributed by atoms with Crippen LogP contribution in [0, 0.1) is 29.6 Å². The van der Waals surface area contributed by atoms with Crippen molar-refractivity contribution in [2.24, 2.45) is 29.6 Å². The van der Waals surface area contributed by atoms with Crippen molar-refractivity contribution in [1.82, 2.24) is 0 Å². The van der Waals surface area contributed by atoms with E-state index >= 15 is 0 Å². The molecule has 100 valence electrons. The standard InChI is InChI=1S/C13H18O4S/c1-6-11-9-7-3-4-8(5-7)10(9)13(16-11)12(6)17-18(2,14)15/h3-4,6-13H,5H2,1-2H3. The van der Waals surface area contributed by atoms with Gasteiger partial charge in [-0.05, 0) is 30.1 Å². The van der Waals surface area contributed by atoms with Crippen LogP contribution in [0.2, 0.25) is 0 Å². The van der Waals surface area contributed by atoms with Crippen molar-refractivity contribution in [1.29, 1.82) is 0 Å². The van der Waals surface area contributed by atoms with Crippen molar-refractivity contribution < 1.29 is 17.3 Å². The molecular weight excluding hydrogens is 252 g/mol. The predicted molar refractivity (Wildman–Crippen MR) is 65.3 cm³/mol. The molecular formula is C13H18O4S. The van der Waals surface area contributed by atoms with Gasteiger partial charge in [-0.25, -0.2) is 0 Å². The van der Waals surface area contributed by atoms with Crippen molar-refractivity contribution in [3.05, 3.63) is 12.2 Å². The zero-order valence-electron chi connectivity index (χ0n) is 10.5. The molecule has 2 aliphatic heterocycles. The minimum absolute atomic E-state index is 0.0234. The van der Waals surface area contributed by atoms with Crippen molar-refractivity contribution in [3.63, 3.8) is 0 Å². The van der Waals surface area contributed by atoms with Gasteiger partial charge in [0.1, 0.15) is 6.10 Å². The number of hydrogen-bond donors (Lipinski definition) is 0. The zero-order valence-corrected chi connectivity index (χ0v) is 11.3. The number of ether oxygens (including phenoxy) is 1. The molecule has 2 aliphatic carbocycles. The molecule has 4 nitrogen and oxygen atoms in total. The summed E-state index contributed by atoms with van der Waals surface area (Å²) in [5, 5.41) is 0. The minimum Gasteiger partial charge on any atom is -0.371 e. The Bertz CT molecular complexity index is 511. The molecule has 2 saturated heterocycles. The average Bonchev–Trinajstić information content (AvgIpc) is 2.96. The molecule has 0 aromatic carbocycles. The van der Waals surface area contributed by atoms with Crippen LogP contribution in [0.5, 0.6) is 0 Å². The molecule has 3 fully saturated rings. The number of fused-ring (bicyclic) bond motifs is 9. The third-order valence-electron chi connectivity index (χ3n) is 5.30. The first-order valence-corrected chi connectivity index (χ1v) is 8.49. The number of allylic oxidation sites excluding steroid dienone is 2. The van der Waals surface area contributed by atoms with Gasteiger partial charge < -0.3 is 4.74 Å². The monoisotopic (exact) mass is 270 g/mol. The van der Waals surface area contributed by atoms with Gasteiger partial charge in [0.2, 0.25) is 0 Å². The van der Waals surface area contributed by atoms with Crippen LogP contribution >= 0.6 is 0 Å². The van der Waals surface area contributed by atoms with Gasteiger partial charge in [-0.3, -0.25) is 4.18 Å². The topological polar surface area (TPSA) is 52.6 Å². The fourth-order valence-corrected chi connectivity index (χ4v) is 5.48. The molecule has 0 aromatic rings. The Kier molecular flexibility index (Phi) is 2.15. The summed E-state index contributed by atoms with van der Waals surface area (Å²) in [4.78, 5) is 0. The van der Waals surface area contributed by atoms with E-state index in [2.05, 4.69) is 19.1 Å². The van der Waals surface area contributed by atoms with E-state index < -0.39 is 10.1 Å². The first kappa shape index (κ1) is 11.4. The predicted octanol–water partition coefficient (Wildman–Crippen LogP) is 1.19. The maximum absolute atomic E-state index is 11.4. The lowest BCUT2D eigenvalue weighted by Gasteiger charge is -2.36. The van der Waals surface area contributed by atoms with Crippen molar-refractivity contribution >= 4 is 10.1 Å². The van der Waals surface area contributed by atoms with Crippen LogP contribution in [0.15, 0.2) is 12.2 Å². The Morgan fingerprint density at radius 3 is 2.39 bits per heavy atom. The molecule has 0 radical (unpaired) electrons. The molecule has 0 aromatic heterocycles. The van der Waals surface area contributed by atoms with E-state index in [9.17, 15) is 8.42 Å². The van der Waals surface area contributed by atoms with Crippen LogP contribution in [0.1, 0.15) is 13.3 Å². The summed E-state index contributed by atoms with van der Waals surface area (Å²) in [5.74, 6) is 2.48. The molecule has 4 bridgehead atoms. The molecule has 0 amide bonds. The average molecular weight is 270 g/mol. The molecule has 8 atom stereocenters. The lowest BCUT2D eigenvalue weighted by molar-refractivity contribution is 0.0364. The van der Waals surface area contributed by atoms with Gasteiger partial charge in [0.15, 0.2) is 0 Å². The Morgan fingerprint density at radius 2 is 1.78 bits per heavy atom. The van der Waals surface area contributed by atoms with Gasteiger partial charge in [0.05, 0.1) is 18.5 Å². The summed E-state index contributed by atoms with van der Waals surface area (Å²) in [5.41, 5.74) is 0. The third kappa shape index (κ3) is 1.35. The Morgan fingerprint density at radius 1 is 1.17 bits per heavy atom. The summed E-state index contributed by atoms with van der Waals surface area (Å²) in [6.07, 6.45) is 6.86. The quantitative estimate of drug-likeness (QED) is 0.558. The van der Waals surface area contributed by atoms with E-state index in [1.54, 1.807) is 0 Å². The van der Waals surface area contributed by atoms with E-state index in [1.165, 1.54) is 6.42 Å². The first-order chi connectivity index (χ1) is 8.46. The zero-order chi connectivity index (χ0) is 12.7. The van der Waals surface area contributed by atoms with Crippen molar-refractivity contribution in [3.8, 4) is 0 Å². The highest BCUT2D eigenvalue weighted by atomic mass is 32.2. The van der Waals surface area contributed by atoms with Gasteiger partial charge in [-0.2, -0.15) is 8.42 Å². The summed E-state index contributed by atoms with van der Waals surface area (Å²) in [6.45, 7) is 2.06. The van der Waals surface area contributed by atoms with Gasteiger partial charge in [0, 0.05) is 5.92 Å². The normalized spacial score (nSPS) is 56.3. The summed E-state index contributed by atoms with van der Waals surface area (Å²) >= 11 is 0. The summed E-state index contributed by atoms with van der Waals surface area (Å²) < 4.78 is 34.1. The highest BCUT2D eigenvalue weighted by Crippen LogP contribution is 2.61. The fraction of sp³-hybridized carbons (Fsp3) is 0.846. The molecule has 5 heteroatoms. The third-order valence-corrected chi connectivity index (χ3v) is 5.87. The number of hydrogen-bond acceptors (Lipinski definition) is 4.